The van der Waals surface area contributed by atoms with E-state index < -0.39 is 0 Å². The second-order valence-corrected chi connectivity index (χ2v) is 2.94. The molecule has 1 rings (SSSR count). The maximum absolute atomic E-state index is 11.4. The van der Waals surface area contributed by atoms with Gasteiger partial charge in [0.15, 0.2) is 0 Å². The SMILES string of the molecule is Cc1cc(C(=O)NCCCN)ncn1. The van der Waals surface area contributed by atoms with Crippen molar-refractivity contribution in [2.24, 2.45) is 5.73 Å². The topological polar surface area (TPSA) is 80.9 Å². The lowest BCUT2D eigenvalue weighted by Gasteiger charge is -2.03. The number of amides is 1. The number of nitrogens with two attached hydrogens (primary N) is 1. The third kappa shape index (κ3) is 3.10. The van der Waals surface area contributed by atoms with E-state index in [1.807, 2.05) is 6.92 Å². The largest absolute Gasteiger partial charge is 0.351 e. The molecule has 5 nitrogen and oxygen atoms in total. The van der Waals surface area contributed by atoms with Crippen molar-refractivity contribution in [3.63, 3.8) is 0 Å². The Hall–Kier alpha value is -1.49. The first kappa shape index (κ1) is 10.6. The fourth-order valence-corrected chi connectivity index (χ4v) is 0.973. The molecule has 14 heavy (non-hydrogen) atoms. The minimum Gasteiger partial charge on any atom is -0.351 e. The molecule has 3 N–H and O–H groups in total. The van der Waals surface area contributed by atoms with Crippen LogP contribution >= 0.6 is 0 Å². The smallest absolute Gasteiger partial charge is 0.270 e. The van der Waals surface area contributed by atoms with Crippen molar-refractivity contribution in [2.75, 3.05) is 13.1 Å². The van der Waals surface area contributed by atoms with Gasteiger partial charge in [-0.2, -0.15) is 0 Å². The average molecular weight is 194 g/mol. The predicted octanol–water partition coefficient (Wildman–Crippen LogP) is -0.136. The number of rotatable bonds is 4. The summed E-state index contributed by atoms with van der Waals surface area (Å²) in [5.41, 5.74) is 6.48. The molecule has 0 bridgehead atoms. The van der Waals surface area contributed by atoms with E-state index in [4.69, 9.17) is 5.73 Å². The zero-order valence-corrected chi connectivity index (χ0v) is 8.16. The van der Waals surface area contributed by atoms with Crippen LogP contribution in [0.2, 0.25) is 0 Å². The summed E-state index contributed by atoms with van der Waals surface area (Å²) in [4.78, 5) is 19.2. The van der Waals surface area contributed by atoms with E-state index in [0.717, 1.165) is 12.1 Å². The first-order chi connectivity index (χ1) is 6.74. The Kier molecular flexibility index (Phi) is 4.00. The van der Waals surface area contributed by atoms with E-state index in [0.29, 0.717) is 18.8 Å². The van der Waals surface area contributed by atoms with E-state index in [1.54, 1.807) is 6.07 Å². The van der Waals surface area contributed by atoms with Gasteiger partial charge in [-0.05, 0) is 26.0 Å². The molecule has 0 spiro atoms. The molecule has 1 heterocycles. The summed E-state index contributed by atoms with van der Waals surface area (Å²) in [7, 11) is 0. The van der Waals surface area contributed by atoms with Crippen molar-refractivity contribution >= 4 is 5.91 Å². The van der Waals surface area contributed by atoms with Crippen LogP contribution < -0.4 is 11.1 Å². The molecule has 0 aliphatic rings. The van der Waals surface area contributed by atoms with Gasteiger partial charge >= 0.3 is 0 Å². The summed E-state index contributed by atoms with van der Waals surface area (Å²) in [6.07, 6.45) is 2.16. The van der Waals surface area contributed by atoms with Gasteiger partial charge in [0, 0.05) is 12.2 Å². The van der Waals surface area contributed by atoms with Gasteiger partial charge in [-0.25, -0.2) is 9.97 Å². The second-order valence-electron chi connectivity index (χ2n) is 2.94. The van der Waals surface area contributed by atoms with Crippen molar-refractivity contribution in [3.05, 3.63) is 23.8 Å². The Morgan fingerprint density at radius 1 is 1.57 bits per heavy atom. The number of hydrogen-bond acceptors (Lipinski definition) is 4. The van der Waals surface area contributed by atoms with E-state index in [-0.39, 0.29) is 5.91 Å². The van der Waals surface area contributed by atoms with Gasteiger partial charge in [-0.3, -0.25) is 4.79 Å². The predicted molar refractivity (Wildman–Crippen MR) is 52.8 cm³/mol. The van der Waals surface area contributed by atoms with Crippen LogP contribution in [0.1, 0.15) is 22.6 Å². The molecule has 0 aliphatic heterocycles. The highest BCUT2D eigenvalue weighted by molar-refractivity contribution is 5.92. The number of aryl methyl sites for hydroxylation is 1. The monoisotopic (exact) mass is 194 g/mol. The molecule has 1 aromatic heterocycles. The highest BCUT2D eigenvalue weighted by atomic mass is 16.1. The van der Waals surface area contributed by atoms with Gasteiger partial charge in [0.25, 0.3) is 5.91 Å². The van der Waals surface area contributed by atoms with Gasteiger partial charge in [0.05, 0.1) is 0 Å². The maximum Gasteiger partial charge on any atom is 0.270 e. The minimum absolute atomic E-state index is 0.177. The van der Waals surface area contributed by atoms with Gasteiger partial charge in [-0.15, -0.1) is 0 Å². The lowest BCUT2D eigenvalue weighted by atomic mass is 10.3. The third-order valence-electron chi connectivity index (χ3n) is 1.70. The molecule has 0 aromatic carbocycles. The Morgan fingerprint density at radius 2 is 2.36 bits per heavy atom. The first-order valence-corrected chi connectivity index (χ1v) is 4.51. The second kappa shape index (κ2) is 5.29. The average Bonchev–Trinajstić information content (AvgIpc) is 2.18. The Labute approximate surface area is 82.7 Å². The third-order valence-corrected chi connectivity index (χ3v) is 1.70. The summed E-state index contributed by atoms with van der Waals surface area (Å²) in [5.74, 6) is -0.177. The molecule has 1 aromatic rings. The molecule has 0 saturated carbocycles. The van der Waals surface area contributed by atoms with E-state index in [1.165, 1.54) is 6.33 Å². The number of hydrogen-bond donors (Lipinski definition) is 2. The van der Waals surface area contributed by atoms with E-state index in [9.17, 15) is 4.79 Å². The summed E-state index contributed by atoms with van der Waals surface area (Å²) in [6, 6.07) is 1.65. The van der Waals surface area contributed by atoms with Crippen LogP contribution in [0.3, 0.4) is 0 Å². The van der Waals surface area contributed by atoms with Gasteiger partial charge in [0.2, 0.25) is 0 Å². The fraction of sp³-hybridized carbons (Fsp3) is 0.444. The van der Waals surface area contributed by atoms with E-state index >= 15 is 0 Å². The summed E-state index contributed by atoms with van der Waals surface area (Å²) >= 11 is 0. The molecule has 5 heteroatoms. The lowest BCUT2D eigenvalue weighted by Crippen LogP contribution is -2.26. The van der Waals surface area contributed by atoms with Crippen LogP contribution in [0, 0.1) is 6.92 Å². The standard InChI is InChI=1S/C9H14N4O/c1-7-5-8(13-6-12-7)9(14)11-4-2-3-10/h5-6H,2-4,10H2,1H3,(H,11,14). The Morgan fingerprint density at radius 3 is 3.00 bits per heavy atom. The van der Waals surface area contributed by atoms with Crippen LogP contribution in [0.4, 0.5) is 0 Å². The molecule has 0 unspecified atom stereocenters. The van der Waals surface area contributed by atoms with Crippen molar-refractivity contribution < 1.29 is 4.79 Å². The number of aromatic nitrogens is 2. The summed E-state index contributed by atoms with van der Waals surface area (Å²) in [5, 5.41) is 2.72. The van der Waals surface area contributed by atoms with Crippen molar-refractivity contribution in [2.45, 2.75) is 13.3 Å². The molecule has 76 valence electrons. The van der Waals surface area contributed by atoms with Crippen LogP contribution in [-0.4, -0.2) is 29.0 Å². The van der Waals surface area contributed by atoms with Crippen molar-refractivity contribution in [3.8, 4) is 0 Å². The highest BCUT2D eigenvalue weighted by Gasteiger charge is 2.05. The molecule has 0 radical (unpaired) electrons. The molecule has 0 fully saturated rings. The molecular weight excluding hydrogens is 180 g/mol. The van der Waals surface area contributed by atoms with Crippen molar-refractivity contribution in [1.82, 2.24) is 15.3 Å². The Bertz CT molecular complexity index is 313. The van der Waals surface area contributed by atoms with Gasteiger partial charge in [-0.1, -0.05) is 0 Å². The Balaban J connectivity index is 2.52. The first-order valence-electron chi connectivity index (χ1n) is 4.51. The number of carbonyl (C=O) groups is 1. The highest BCUT2D eigenvalue weighted by Crippen LogP contribution is 1.95. The molecular formula is C9H14N4O. The number of nitrogens with zero attached hydrogens (tertiary/aromatic N) is 2. The zero-order chi connectivity index (χ0) is 10.4. The molecule has 0 aliphatic carbocycles. The number of nitrogens with one attached hydrogen (secondary N) is 1. The minimum atomic E-state index is -0.177. The van der Waals surface area contributed by atoms with Gasteiger partial charge < -0.3 is 11.1 Å². The quantitative estimate of drug-likeness (QED) is 0.654. The van der Waals surface area contributed by atoms with Crippen LogP contribution in [0.15, 0.2) is 12.4 Å². The van der Waals surface area contributed by atoms with Crippen LogP contribution in [-0.2, 0) is 0 Å². The van der Waals surface area contributed by atoms with Crippen molar-refractivity contribution in [1.29, 1.82) is 0 Å². The fourth-order valence-electron chi connectivity index (χ4n) is 0.973. The normalized spacial score (nSPS) is 9.86. The summed E-state index contributed by atoms with van der Waals surface area (Å²) < 4.78 is 0. The molecule has 0 atom stereocenters. The van der Waals surface area contributed by atoms with Crippen LogP contribution in [0.25, 0.3) is 0 Å². The van der Waals surface area contributed by atoms with E-state index in [2.05, 4.69) is 15.3 Å². The lowest BCUT2D eigenvalue weighted by molar-refractivity contribution is 0.0948. The zero-order valence-electron chi connectivity index (χ0n) is 8.16. The summed E-state index contributed by atoms with van der Waals surface area (Å²) in [6.45, 7) is 2.97. The number of carbonyl (C=O) groups excluding carboxylic acids is 1. The van der Waals surface area contributed by atoms with Gasteiger partial charge in [0.1, 0.15) is 12.0 Å². The van der Waals surface area contributed by atoms with Crippen LogP contribution in [0.5, 0.6) is 0 Å². The maximum atomic E-state index is 11.4. The molecule has 1 amide bonds. The molecule has 0 saturated heterocycles.